The summed E-state index contributed by atoms with van der Waals surface area (Å²) >= 11 is 0. The normalized spacial score (nSPS) is 25.4. The van der Waals surface area contributed by atoms with Crippen molar-refractivity contribution in [1.82, 2.24) is 25.1 Å². The highest BCUT2D eigenvalue weighted by atomic mass is 16.5. The number of hydrogen-bond donors (Lipinski definition) is 0. The fraction of sp³-hybridized carbons (Fsp3) is 0.471. The lowest BCUT2D eigenvalue weighted by Crippen LogP contribution is -2.53. The molecule has 4 rings (SSSR count). The van der Waals surface area contributed by atoms with E-state index < -0.39 is 0 Å². The number of hydrogen-bond acceptors (Lipinski definition) is 7. The first-order valence-electron chi connectivity index (χ1n) is 8.42. The molecular formula is C17H19N5O3. The molecule has 1 aliphatic carbocycles. The van der Waals surface area contributed by atoms with Crippen molar-refractivity contribution in [1.29, 1.82) is 0 Å². The SMILES string of the molecule is O=C(c1ccnnc1)N1CCOC2C(COc3ncccn3)CCC21. The molecule has 2 aliphatic rings. The molecule has 1 saturated carbocycles. The van der Waals surface area contributed by atoms with Crippen molar-refractivity contribution in [2.24, 2.45) is 5.92 Å². The Morgan fingerprint density at radius 3 is 2.92 bits per heavy atom. The first-order chi connectivity index (χ1) is 12.3. The van der Waals surface area contributed by atoms with Gasteiger partial charge in [0, 0.05) is 24.9 Å². The molecule has 1 aliphatic heterocycles. The lowest BCUT2D eigenvalue weighted by atomic mass is 10.0. The van der Waals surface area contributed by atoms with Crippen molar-refractivity contribution in [3.05, 3.63) is 42.5 Å². The Balaban J connectivity index is 1.42. The second-order valence-corrected chi connectivity index (χ2v) is 6.21. The largest absolute Gasteiger partial charge is 0.463 e. The summed E-state index contributed by atoms with van der Waals surface area (Å²) < 4.78 is 11.7. The topological polar surface area (TPSA) is 90.3 Å². The summed E-state index contributed by atoms with van der Waals surface area (Å²) in [7, 11) is 0. The van der Waals surface area contributed by atoms with Gasteiger partial charge in [0.05, 0.1) is 43.3 Å². The molecule has 2 aromatic heterocycles. The van der Waals surface area contributed by atoms with Crippen LogP contribution in [0.4, 0.5) is 0 Å². The number of morpholine rings is 1. The monoisotopic (exact) mass is 341 g/mol. The Morgan fingerprint density at radius 1 is 1.24 bits per heavy atom. The molecular weight excluding hydrogens is 322 g/mol. The predicted octanol–water partition coefficient (Wildman–Crippen LogP) is 0.965. The summed E-state index contributed by atoms with van der Waals surface area (Å²) in [5.41, 5.74) is 0.563. The summed E-state index contributed by atoms with van der Waals surface area (Å²) in [6, 6.07) is 3.89. The molecule has 1 saturated heterocycles. The van der Waals surface area contributed by atoms with Gasteiger partial charge in [0.25, 0.3) is 5.91 Å². The minimum absolute atomic E-state index is 0.0128. The molecule has 2 aromatic rings. The van der Waals surface area contributed by atoms with Crippen LogP contribution in [0.15, 0.2) is 36.9 Å². The Hall–Kier alpha value is -2.61. The average Bonchev–Trinajstić information content (AvgIpc) is 3.10. The van der Waals surface area contributed by atoms with Gasteiger partial charge in [-0.1, -0.05) is 0 Å². The van der Waals surface area contributed by atoms with Crippen LogP contribution in [-0.2, 0) is 4.74 Å². The van der Waals surface area contributed by atoms with E-state index in [-0.39, 0.29) is 24.0 Å². The van der Waals surface area contributed by atoms with Crippen LogP contribution in [0, 0.1) is 5.92 Å². The van der Waals surface area contributed by atoms with E-state index in [9.17, 15) is 4.79 Å². The zero-order valence-electron chi connectivity index (χ0n) is 13.7. The maximum Gasteiger partial charge on any atom is 0.316 e. The molecule has 0 N–H and O–H groups in total. The van der Waals surface area contributed by atoms with Crippen molar-refractivity contribution in [3.8, 4) is 6.01 Å². The number of aromatic nitrogens is 4. The number of fused-ring (bicyclic) bond motifs is 1. The Kier molecular flexibility index (Phi) is 4.51. The minimum Gasteiger partial charge on any atom is -0.463 e. The first-order valence-corrected chi connectivity index (χ1v) is 8.42. The van der Waals surface area contributed by atoms with E-state index in [4.69, 9.17) is 9.47 Å². The molecule has 0 radical (unpaired) electrons. The van der Waals surface area contributed by atoms with E-state index in [1.807, 2.05) is 4.90 Å². The maximum absolute atomic E-state index is 12.8. The number of carbonyl (C=O) groups excluding carboxylic acids is 1. The third kappa shape index (κ3) is 3.30. The van der Waals surface area contributed by atoms with Crippen LogP contribution < -0.4 is 4.74 Å². The third-order valence-electron chi connectivity index (χ3n) is 4.78. The van der Waals surface area contributed by atoms with Gasteiger partial charge in [-0.15, -0.1) is 0 Å². The number of carbonyl (C=O) groups is 1. The molecule has 3 atom stereocenters. The second kappa shape index (κ2) is 7.10. The van der Waals surface area contributed by atoms with E-state index in [0.717, 1.165) is 12.8 Å². The molecule has 1 amide bonds. The second-order valence-electron chi connectivity index (χ2n) is 6.21. The van der Waals surface area contributed by atoms with E-state index in [1.54, 1.807) is 24.5 Å². The van der Waals surface area contributed by atoms with Gasteiger partial charge < -0.3 is 14.4 Å². The standard InChI is InChI=1S/C17H19N5O3/c23-16(12-4-7-20-21-10-12)22-8-9-24-15-13(2-3-14(15)22)11-25-17-18-5-1-6-19-17/h1,4-7,10,13-15H,2-3,8-9,11H2. The van der Waals surface area contributed by atoms with Crippen LogP contribution in [0.2, 0.25) is 0 Å². The van der Waals surface area contributed by atoms with E-state index in [0.29, 0.717) is 31.3 Å². The van der Waals surface area contributed by atoms with Crippen molar-refractivity contribution < 1.29 is 14.3 Å². The quantitative estimate of drug-likeness (QED) is 0.818. The Morgan fingerprint density at radius 2 is 2.12 bits per heavy atom. The maximum atomic E-state index is 12.8. The summed E-state index contributed by atoms with van der Waals surface area (Å²) in [4.78, 5) is 22.8. The van der Waals surface area contributed by atoms with Crippen LogP contribution in [0.1, 0.15) is 23.2 Å². The molecule has 130 valence electrons. The van der Waals surface area contributed by atoms with Gasteiger partial charge in [0.15, 0.2) is 0 Å². The number of amides is 1. The van der Waals surface area contributed by atoms with Crippen molar-refractivity contribution in [2.75, 3.05) is 19.8 Å². The van der Waals surface area contributed by atoms with Crippen LogP contribution in [0.25, 0.3) is 0 Å². The van der Waals surface area contributed by atoms with Gasteiger partial charge >= 0.3 is 6.01 Å². The number of ether oxygens (including phenoxy) is 2. The van der Waals surface area contributed by atoms with Gasteiger partial charge in [0.1, 0.15) is 0 Å². The molecule has 8 nitrogen and oxygen atoms in total. The Labute approximate surface area is 145 Å². The number of rotatable bonds is 4. The molecule has 2 fully saturated rings. The fourth-order valence-electron chi connectivity index (χ4n) is 3.62. The summed E-state index contributed by atoms with van der Waals surface area (Å²) in [6.07, 6.45) is 8.18. The van der Waals surface area contributed by atoms with Gasteiger partial charge in [-0.3, -0.25) is 4.79 Å². The molecule has 0 spiro atoms. The third-order valence-corrected chi connectivity index (χ3v) is 4.78. The minimum atomic E-state index is -0.0174. The molecule has 0 bridgehead atoms. The highest BCUT2D eigenvalue weighted by Gasteiger charge is 2.44. The van der Waals surface area contributed by atoms with Gasteiger partial charge in [-0.2, -0.15) is 10.2 Å². The zero-order chi connectivity index (χ0) is 17.1. The van der Waals surface area contributed by atoms with Crippen LogP contribution in [0.3, 0.4) is 0 Å². The van der Waals surface area contributed by atoms with Gasteiger partial charge in [-0.05, 0) is 25.0 Å². The van der Waals surface area contributed by atoms with Crippen LogP contribution >= 0.6 is 0 Å². The average molecular weight is 341 g/mol. The van der Waals surface area contributed by atoms with Crippen LogP contribution in [0.5, 0.6) is 6.01 Å². The predicted molar refractivity (Wildman–Crippen MR) is 86.8 cm³/mol. The number of nitrogens with zero attached hydrogens (tertiary/aromatic N) is 5. The lowest BCUT2D eigenvalue weighted by molar-refractivity contribution is -0.0683. The van der Waals surface area contributed by atoms with Gasteiger partial charge in [-0.25, -0.2) is 9.97 Å². The molecule has 8 heteroatoms. The summed E-state index contributed by atoms with van der Waals surface area (Å²) in [5, 5.41) is 7.53. The lowest BCUT2D eigenvalue weighted by Gasteiger charge is -2.39. The fourth-order valence-corrected chi connectivity index (χ4v) is 3.62. The molecule has 3 heterocycles. The Bertz CT molecular complexity index is 715. The first kappa shape index (κ1) is 15.9. The highest BCUT2D eigenvalue weighted by molar-refractivity contribution is 5.94. The van der Waals surface area contributed by atoms with E-state index >= 15 is 0 Å². The molecule has 25 heavy (non-hydrogen) atoms. The summed E-state index contributed by atoms with van der Waals surface area (Å²) in [5.74, 6) is 0.209. The van der Waals surface area contributed by atoms with E-state index in [2.05, 4.69) is 20.2 Å². The van der Waals surface area contributed by atoms with Crippen molar-refractivity contribution in [3.63, 3.8) is 0 Å². The van der Waals surface area contributed by atoms with Crippen molar-refractivity contribution in [2.45, 2.75) is 25.0 Å². The smallest absolute Gasteiger partial charge is 0.316 e. The van der Waals surface area contributed by atoms with Crippen molar-refractivity contribution >= 4 is 5.91 Å². The molecule has 3 unspecified atom stereocenters. The molecule has 0 aromatic carbocycles. The van der Waals surface area contributed by atoms with Gasteiger partial charge in [0.2, 0.25) is 0 Å². The highest BCUT2D eigenvalue weighted by Crippen LogP contribution is 2.35. The zero-order valence-corrected chi connectivity index (χ0v) is 13.7. The van der Waals surface area contributed by atoms with E-state index in [1.165, 1.54) is 12.4 Å². The van der Waals surface area contributed by atoms with Crippen LogP contribution in [-0.4, -0.2) is 62.9 Å². The summed E-state index contributed by atoms with van der Waals surface area (Å²) in [6.45, 7) is 1.62.